The first-order valence-corrected chi connectivity index (χ1v) is 7.31. The smallest absolute Gasteiger partial charge is 0.224 e. The van der Waals surface area contributed by atoms with Crippen LogP contribution in [-0.4, -0.2) is 18.0 Å². The summed E-state index contributed by atoms with van der Waals surface area (Å²) in [6, 6.07) is 6.65. The Bertz CT molecular complexity index is 479. The molecule has 3 nitrogen and oxygen atoms in total. The fourth-order valence-electron chi connectivity index (χ4n) is 2.93. The van der Waals surface area contributed by atoms with Crippen molar-refractivity contribution in [2.24, 2.45) is 11.7 Å². The van der Waals surface area contributed by atoms with Crippen LogP contribution >= 0.6 is 12.4 Å². The molecule has 1 aromatic carbocycles. The number of hydrogen-bond donors (Lipinski definition) is 2. The van der Waals surface area contributed by atoms with Crippen molar-refractivity contribution in [1.29, 1.82) is 0 Å². The highest BCUT2D eigenvalue weighted by Crippen LogP contribution is 2.31. The number of hydrogen-bond acceptors (Lipinski definition) is 2. The number of carbonyl (C=O) groups excluding carboxylic acids is 1. The molecule has 1 aliphatic rings. The Labute approximate surface area is 131 Å². The molecule has 0 saturated heterocycles. The van der Waals surface area contributed by atoms with Crippen molar-refractivity contribution in [2.75, 3.05) is 6.54 Å². The maximum atomic E-state index is 13.5. The summed E-state index contributed by atoms with van der Waals surface area (Å²) in [4.78, 5) is 12.2. The minimum atomic E-state index is -0.416. The third kappa shape index (κ3) is 4.68. The van der Waals surface area contributed by atoms with Gasteiger partial charge in [-0.15, -0.1) is 12.4 Å². The topological polar surface area (TPSA) is 55.1 Å². The molecule has 2 atom stereocenters. The van der Waals surface area contributed by atoms with Crippen LogP contribution in [-0.2, 0) is 11.2 Å². The van der Waals surface area contributed by atoms with Crippen molar-refractivity contribution in [2.45, 2.75) is 44.6 Å². The molecule has 0 aliphatic heterocycles. The summed E-state index contributed by atoms with van der Waals surface area (Å²) in [7, 11) is 0. The highest BCUT2D eigenvalue weighted by atomic mass is 35.5. The second-order valence-electron chi connectivity index (χ2n) is 5.94. The van der Waals surface area contributed by atoms with Crippen molar-refractivity contribution in [1.82, 2.24) is 5.32 Å². The van der Waals surface area contributed by atoms with E-state index in [0.29, 0.717) is 18.5 Å². The Hall–Kier alpha value is -1.13. The Kier molecular flexibility index (Phi) is 6.62. The van der Waals surface area contributed by atoms with Crippen LogP contribution in [0.25, 0.3) is 0 Å². The van der Waals surface area contributed by atoms with Gasteiger partial charge in [0.2, 0.25) is 5.91 Å². The third-order valence-electron chi connectivity index (χ3n) is 4.22. The monoisotopic (exact) mass is 314 g/mol. The summed E-state index contributed by atoms with van der Waals surface area (Å²) < 4.78 is 13.5. The van der Waals surface area contributed by atoms with Crippen molar-refractivity contribution in [3.05, 3.63) is 35.6 Å². The number of benzene rings is 1. The molecule has 2 rings (SSSR count). The first-order chi connectivity index (χ1) is 9.50. The summed E-state index contributed by atoms with van der Waals surface area (Å²) in [5.41, 5.74) is 6.42. The van der Waals surface area contributed by atoms with Crippen LogP contribution in [0.15, 0.2) is 24.3 Å². The Morgan fingerprint density at radius 1 is 1.43 bits per heavy atom. The van der Waals surface area contributed by atoms with Crippen LogP contribution < -0.4 is 11.1 Å². The van der Waals surface area contributed by atoms with Crippen LogP contribution in [0.2, 0.25) is 0 Å². The molecule has 1 amide bonds. The summed E-state index contributed by atoms with van der Waals surface area (Å²) in [6.45, 7) is 2.40. The molecule has 0 spiro atoms. The van der Waals surface area contributed by atoms with E-state index < -0.39 is 5.54 Å². The molecule has 0 bridgehead atoms. The summed E-state index contributed by atoms with van der Waals surface area (Å²) in [5, 5.41) is 2.90. The number of halogens is 2. The second kappa shape index (κ2) is 7.76. The first-order valence-electron chi connectivity index (χ1n) is 7.31. The molecule has 0 heterocycles. The van der Waals surface area contributed by atoms with Crippen LogP contribution in [0, 0.1) is 11.7 Å². The molecule has 5 heteroatoms. The van der Waals surface area contributed by atoms with Crippen LogP contribution in [0.5, 0.6) is 0 Å². The van der Waals surface area contributed by atoms with Crippen LogP contribution in [0.4, 0.5) is 4.39 Å². The minimum absolute atomic E-state index is 0. The van der Waals surface area contributed by atoms with E-state index in [1.54, 1.807) is 18.2 Å². The second-order valence-corrected chi connectivity index (χ2v) is 5.94. The van der Waals surface area contributed by atoms with Crippen molar-refractivity contribution < 1.29 is 9.18 Å². The number of nitrogens with one attached hydrogen (secondary N) is 1. The van der Waals surface area contributed by atoms with Gasteiger partial charge >= 0.3 is 0 Å². The standard InChI is InChI=1S/C16H23FN2O.ClH/c1-16(18)10-5-4-7-13(16)15(20)19-11-9-12-6-2-3-8-14(12)17;/h2-3,6,8,13H,4-5,7,9-11,18H2,1H3,(H,19,20);1H. The van der Waals surface area contributed by atoms with Gasteiger partial charge in [0, 0.05) is 12.1 Å². The predicted molar refractivity (Wildman–Crippen MR) is 84.9 cm³/mol. The van der Waals surface area contributed by atoms with E-state index in [0.717, 1.165) is 25.7 Å². The van der Waals surface area contributed by atoms with Gasteiger partial charge in [0.15, 0.2) is 0 Å². The van der Waals surface area contributed by atoms with E-state index in [-0.39, 0.29) is 30.0 Å². The minimum Gasteiger partial charge on any atom is -0.355 e. The average molecular weight is 315 g/mol. The third-order valence-corrected chi connectivity index (χ3v) is 4.22. The van der Waals surface area contributed by atoms with Crippen molar-refractivity contribution in [3.63, 3.8) is 0 Å². The summed E-state index contributed by atoms with van der Waals surface area (Å²) in [5.74, 6) is -0.342. The molecule has 1 fully saturated rings. The lowest BCUT2D eigenvalue weighted by Crippen LogP contribution is -2.53. The quantitative estimate of drug-likeness (QED) is 0.898. The van der Waals surface area contributed by atoms with E-state index >= 15 is 0 Å². The molecule has 118 valence electrons. The molecule has 0 aromatic heterocycles. The van der Waals surface area contributed by atoms with Gasteiger partial charge in [0.05, 0.1) is 5.92 Å². The molecular formula is C16H24ClFN2O. The number of nitrogens with two attached hydrogens (primary N) is 1. The molecule has 1 aromatic rings. The summed E-state index contributed by atoms with van der Waals surface area (Å²) in [6.07, 6.45) is 4.38. The molecule has 3 N–H and O–H groups in total. The Morgan fingerprint density at radius 3 is 2.81 bits per heavy atom. The lowest BCUT2D eigenvalue weighted by atomic mass is 9.74. The maximum Gasteiger partial charge on any atom is 0.224 e. The normalized spacial score (nSPS) is 25.0. The van der Waals surface area contributed by atoms with Crippen molar-refractivity contribution >= 4 is 18.3 Å². The van der Waals surface area contributed by atoms with E-state index in [9.17, 15) is 9.18 Å². The average Bonchev–Trinajstić information content (AvgIpc) is 2.40. The van der Waals surface area contributed by atoms with Gasteiger partial charge < -0.3 is 11.1 Å². The van der Waals surface area contributed by atoms with E-state index in [2.05, 4.69) is 5.32 Å². The Balaban J connectivity index is 0.00000220. The SMILES string of the molecule is CC1(N)CCCCC1C(=O)NCCc1ccccc1F.Cl. The van der Waals surface area contributed by atoms with Gasteiger partial charge in [0.25, 0.3) is 0 Å². The zero-order valence-electron chi connectivity index (χ0n) is 12.4. The number of rotatable bonds is 4. The number of carbonyl (C=O) groups is 1. The maximum absolute atomic E-state index is 13.5. The zero-order valence-corrected chi connectivity index (χ0v) is 13.2. The molecular weight excluding hydrogens is 291 g/mol. The largest absolute Gasteiger partial charge is 0.355 e. The van der Waals surface area contributed by atoms with Crippen molar-refractivity contribution in [3.8, 4) is 0 Å². The first kappa shape index (κ1) is 17.9. The van der Waals surface area contributed by atoms with Gasteiger partial charge in [-0.25, -0.2) is 4.39 Å². The fourth-order valence-corrected chi connectivity index (χ4v) is 2.93. The van der Waals surface area contributed by atoms with Gasteiger partial charge in [-0.3, -0.25) is 4.79 Å². The molecule has 1 saturated carbocycles. The van der Waals surface area contributed by atoms with Gasteiger partial charge in [-0.05, 0) is 37.8 Å². The number of amides is 1. The zero-order chi connectivity index (χ0) is 14.6. The van der Waals surface area contributed by atoms with Gasteiger partial charge in [0.1, 0.15) is 5.82 Å². The highest BCUT2D eigenvalue weighted by molar-refractivity contribution is 5.85. The van der Waals surface area contributed by atoms with E-state index in [1.807, 2.05) is 6.92 Å². The van der Waals surface area contributed by atoms with Gasteiger partial charge in [-0.2, -0.15) is 0 Å². The van der Waals surface area contributed by atoms with Crippen LogP contribution in [0.3, 0.4) is 0 Å². The molecule has 21 heavy (non-hydrogen) atoms. The lowest BCUT2D eigenvalue weighted by Gasteiger charge is -2.37. The molecule has 1 aliphatic carbocycles. The predicted octanol–water partition coefficient (Wildman–Crippen LogP) is 2.81. The highest BCUT2D eigenvalue weighted by Gasteiger charge is 2.37. The van der Waals surface area contributed by atoms with Crippen LogP contribution in [0.1, 0.15) is 38.2 Å². The fraction of sp³-hybridized carbons (Fsp3) is 0.562. The summed E-state index contributed by atoms with van der Waals surface area (Å²) >= 11 is 0. The Morgan fingerprint density at radius 2 is 2.14 bits per heavy atom. The van der Waals surface area contributed by atoms with Gasteiger partial charge in [-0.1, -0.05) is 31.0 Å². The van der Waals surface area contributed by atoms with E-state index in [4.69, 9.17) is 5.73 Å². The molecule has 0 radical (unpaired) electrons. The lowest BCUT2D eigenvalue weighted by molar-refractivity contribution is -0.128. The van der Waals surface area contributed by atoms with E-state index in [1.165, 1.54) is 6.07 Å². The molecule has 2 unspecified atom stereocenters.